The number of anilines is 2. The number of nitrogens with zero attached hydrogens (tertiary/aromatic N) is 3. The normalized spacial score (nSPS) is 10.8. The van der Waals surface area contributed by atoms with Crippen molar-refractivity contribution in [3.8, 4) is 0 Å². The molecule has 0 aromatic carbocycles. The molecule has 1 rings (SSSR count). The lowest BCUT2D eigenvalue weighted by Gasteiger charge is -2.12. The van der Waals surface area contributed by atoms with Crippen molar-refractivity contribution in [2.45, 2.75) is 13.3 Å². The molecule has 0 aliphatic rings. The van der Waals surface area contributed by atoms with Gasteiger partial charge in [-0.15, -0.1) is 0 Å². The van der Waals surface area contributed by atoms with Crippen molar-refractivity contribution >= 4 is 11.6 Å². The number of aromatic nitrogens is 2. The minimum Gasteiger partial charge on any atom is -0.370 e. The molecular formula is C13H26N6. The molecule has 19 heavy (non-hydrogen) atoms. The quantitative estimate of drug-likeness (QED) is 0.574. The lowest BCUT2D eigenvalue weighted by Crippen LogP contribution is -2.19. The first-order valence-corrected chi connectivity index (χ1v) is 6.74. The smallest absolute Gasteiger partial charge is 0.131 e. The van der Waals surface area contributed by atoms with Gasteiger partial charge in [-0.1, -0.05) is 0 Å². The first kappa shape index (κ1) is 15.7. The molecule has 0 atom stereocenters. The number of rotatable bonds is 9. The molecule has 0 bridgehead atoms. The van der Waals surface area contributed by atoms with Crippen molar-refractivity contribution in [2.24, 2.45) is 0 Å². The SMILES string of the molecule is CNCCNc1cc(NCCCN(C)C)nc(C)n1. The van der Waals surface area contributed by atoms with E-state index in [2.05, 4.69) is 44.9 Å². The summed E-state index contributed by atoms with van der Waals surface area (Å²) in [4.78, 5) is 10.9. The minimum atomic E-state index is 0.782. The molecule has 0 unspecified atom stereocenters. The second kappa shape index (κ2) is 8.66. The summed E-state index contributed by atoms with van der Waals surface area (Å²) in [5.41, 5.74) is 0. The summed E-state index contributed by atoms with van der Waals surface area (Å²) in [7, 11) is 6.10. The molecule has 0 spiro atoms. The van der Waals surface area contributed by atoms with Gasteiger partial charge in [0.1, 0.15) is 17.5 Å². The van der Waals surface area contributed by atoms with Crippen molar-refractivity contribution in [3.05, 3.63) is 11.9 Å². The molecule has 108 valence electrons. The third-order valence-electron chi connectivity index (χ3n) is 2.61. The Morgan fingerprint density at radius 1 is 1.05 bits per heavy atom. The molecule has 0 fully saturated rings. The summed E-state index contributed by atoms with van der Waals surface area (Å²) in [5, 5.41) is 9.71. The van der Waals surface area contributed by atoms with Gasteiger partial charge in [-0.05, 0) is 41.0 Å². The maximum absolute atomic E-state index is 4.39. The van der Waals surface area contributed by atoms with Gasteiger partial charge < -0.3 is 20.9 Å². The van der Waals surface area contributed by atoms with Gasteiger partial charge >= 0.3 is 0 Å². The van der Waals surface area contributed by atoms with Crippen molar-refractivity contribution in [1.29, 1.82) is 0 Å². The third-order valence-corrected chi connectivity index (χ3v) is 2.61. The van der Waals surface area contributed by atoms with Crippen LogP contribution in [0.1, 0.15) is 12.2 Å². The summed E-state index contributed by atoms with van der Waals surface area (Å²) in [6.45, 7) is 5.67. The molecule has 1 aromatic heterocycles. The zero-order valence-corrected chi connectivity index (χ0v) is 12.5. The molecule has 0 aliphatic carbocycles. The molecule has 3 N–H and O–H groups in total. The number of aryl methyl sites for hydroxylation is 1. The molecule has 6 heteroatoms. The van der Waals surface area contributed by atoms with E-state index < -0.39 is 0 Å². The van der Waals surface area contributed by atoms with Crippen molar-refractivity contribution < 1.29 is 0 Å². The van der Waals surface area contributed by atoms with Crippen LogP contribution in [-0.2, 0) is 0 Å². The second-order valence-electron chi connectivity index (χ2n) is 4.80. The Hall–Kier alpha value is -1.40. The first-order chi connectivity index (χ1) is 9.11. The van der Waals surface area contributed by atoms with E-state index in [1.54, 1.807) is 0 Å². The molecule has 0 saturated carbocycles. The number of hydrogen-bond donors (Lipinski definition) is 3. The number of nitrogens with one attached hydrogen (secondary N) is 3. The Morgan fingerprint density at radius 3 is 2.26 bits per heavy atom. The van der Waals surface area contributed by atoms with E-state index in [1.807, 2.05) is 20.0 Å². The zero-order valence-electron chi connectivity index (χ0n) is 12.5. The Morgan fingerprint density at radius 2 is 1.68 bits per heavy atom. The van der Waals surface area contributed by atoms with Crippen LogP contribution in [0.5, 0.6) is 0 Å². The maximum atomic E-state index is 4.39. The van der Waals surface area contributed by atoms with Crippen LogP contribution in [0.4, 0.5) is 11.6 Å². The van der Waals surface area contributed by atoms with Crippen LogP contribution in [-0.4, -0.2) is 62.2 Å². The van der Waals surface area contributed by atoms with Crippen LogP contribution in [0.3, 0.4) is 0 Å². The van der Waals surface area contributed by atoms with Crippen LogP contribution >= 0.6 is 0 Å². The second-order valence-corrected chi connectivity index (χ2v) is 4.80. The summed E-state index contributed by atoms with van der Waals surface area (Å²) in [6.07, 6.45) is 1.10. The lowest BCUT2D eigenvalue weighted by molar-refractivity contribution is 0.405. The van der Waals surface area contributed by atoms with Crippen LogP contribution in [0.25, 0.3) is 0 Å². The van der Waals surface area contributed by atoms with Gasteiger partial charge in [-0.3, -0.25) is 0 Å². The molecule has 1 aromatic rings. The Kier molecular flexibility index (Phi) is 7.14. The van der Waals surface area contributed by atoms with Crippen LogP contribution in [0.15, 0.2) is 6.07 Å². The standard InChI is InChI=1S/C13H26N6/c1-11-17-12(15-6-5-9-19(3)4)10-13(18-11)16-8-7-14-2/h10,14H,5-9H2,1-4H3,(H2,15,16,17,18). The summed E-state index contributed by atoms with van der Waals surface area (Å²) in [5.74, 6) is 2.54. The number of likely N-dealkylation sites (N-methyl/N-ethyl adjacent to an activating group) is 1. The molecule has 1 heterocycles. The molecule has 0 saturated heterocycles. The van der Waals surface area contributed by atoms with E-state index in [0.717, 1.165) is 50.1 Å². The Balaban J connectivity index is 2.44. The fourth-order valence-corrected chi connectivity index (χ4v) is 1.68. The van der Waals surface area contributed by atoms with Crippen molar-refractivity contribution in [3.63, 3.8) is 0 Å². The lowest BCUT2D eigenvalue weighted by atomic mass is 10.4. The highest BCUT2D eigenvalue weighted by molar-refractivity contribution is 5.47. The predicted molar refractivity (Wildman–Crippen MR) is 80.8 cm³/mol. The van der Waals surface area contributed by atoms with Crippen molar-refractivity contribution in [2.75, 3.05) is 58.0 Å². The highest BCUT2D eigenvalue weighted by Crippen LogP contribution is 2.10. The summed E-state index contributed by atoms with van der Waals surface area (Å²) < 4.78 is 0. The van der Waals surface area contributed by atoms with Gasteiger partial charge in [-0.25, -0.2) is 9.97 Å². The number of hydrogen-bond acceptors (Lipinski definition) is 6. The average Bonchev–Trinajstić information content (AvgIpc) is 2.34. The van der Waals surface area contributed by atoms with E-state index in [-0.39, 0.29) is 0 Å². The summed E-state index contributed by atoms with van der Waals surface area (Å²) >= 11 is 0. The topological polar surface area (TPSA) is 65.1 Å². The van der Waals surface area contributed by atoms with E-state index in [0.29, 0.717) is 0 Å². The van der Waals surface area contributed by atoms with E-state index in [1.165, 1.54) is 0 Å². The van der Waals surface area contributed by atoms with E-state index in [9.17, 15) is 0 Å². The van der Waals surface area contributed by atoms with Crippen LogP contribution < -0.4 is 16.0 Å². The predicted octanol–water partition coefficient (Wildman–Crippen LogP) is 0.780. The molecular weight excluding hydrogens is 240 g/mol. The fourth-order valence-electron chi connectivity index (χ4n) is 1.68. The highest BCUT2D eigenvalue weighted by atomic mass is 15.1. The molecule has 0 radical (unpaired) electrons. The van der Waals surface area contributed by atoms with Gasteiger partial charge in [0.2, 0.25) is 0 Å². The Labute approximate surface area is 116 Å². The molecule has 6 nitrogen and oxygen atoms in total. The fraction of sp³-hybridized carbons (Fsp3) is 0.692. The van der Waals surface area contributed by atoms with Crippen LogP contribution in [0.2, 0.25) is 0 Å². The zero-order chi connectivity index (χ0) is 14.1. The van der Waals surface area contributed by atoms with Gasteiger partial charge in [0.05, 0.1) is 0 Å². The largest absolute Gasteiger partial charge is 0.370 e. The molecule has 0 aliphatic heterocycles. The van der Waals surface area contributed by atoms with Crippen LogP contribution in [0, 0.1) is 6.92 Å². The van der Waals surface area contributed by atoms with Gasteiger partial charge in [0.25, 0.3) is 0 Å². The third kappa shape index (κ3) is 6.93. The van der Waals surface area contributed by atoms with Gasteiger partial charge in [0, 0.05) is 25.7 Å². The van der Waals surface area contributed by atoms with Crippen molar-refractivity contribution in [1.82, 2.24) is 20.2 Å². The minimum absolute atomic E-state index is 0.782. The highest BCUT2D eigenvalue weighted by Gasteiger charge is 2.01. The molecule has 0 amide bonds. The Bertz CT molecular complexity index is 366. The maximum Gasteiger partial charge on any atom is 0.131 e. The first-order valence-electron chi connectivity index (χ1n) is 6.74. The van der Waals surface area contributed by atoms with E-state index >= 15 is 0 Å². The summed E-state index contributed by atoms with van der Waals surface area (Å²) in [6, 6.07) is 1.96. The van der Waals surface area contributed by atoms with Gasteiger partial charge in [-0.2, -0.15) is 0 Å². The average molecular weight is 266 g/mol. The van der Waals surface area contributed by atoms with E-state index in [4.69, 9.17) is 0 Å². The monoisotopic (exact) mass is 266 g/mol. The van der Waals surface area contributed by atoms with Gasteiger partial charge in [0.15, 0.2) is 0 Å².